The van der Waals surface area contributed by atoms with Crippen molar-refractivity contribution in [3.63, 3.8) is 0 Å². The molecule has 0 unspecified atom stereocenters. The van der Waals surface area contributed by atoms with E-state index in [0.717, 1.165) is 12.0 Å². The van der Waals surface area contributed by atoms with E-state index in [4.69, 9.17) is 7.85 Å². The highest BCUT2D eigenvalue weighted by atomic mass is 16.1. The van der Waals surface area contributed by atoms with Crippen LogP contribution in [0.15, 0.2) is 18.2 Å². The summed E-state index contributed by atoms with van der Waals surface area (Å²) in [6.45, 7) is 4.51. The Labute approximate surface area is 92.3 Å². The first-order valence-corrected chi connectivity index (χ1v) is 5.41. The standard InChI is InChI=1S/C13H15BO/c1-13(2)6-5-9-7-10(12(15)8-14)3-4-11(9)13/h3-4,7H,5-6,8H2,1-2H3. The second-order valence-electron chi connectivity index (χ2n) is 4.88. The van der Waals surface area contributed by atoms with E-state index in [9.17, 15) is 4.79 Å². The number of carbonyl (C=O) groups excluding carboxylic acids is 1. The summed E-state index contributed by atoms with van der Waals surface area (Å²) in [5, 5.41) is 0. The number of hydrogen-bond acceptors (Lipinski definition) is 1. The molecule has 1 aromatic rings. The Bertz CT molecular complexity index is 407. The van der Waals surface area contributed by atoms with Crippen LogP contribution in [0.3, 0.4) is 0 Å². The average molecular weight is 198 g/mol. The van der Waals surface area contributed by atoms with Crippen LogP contribution in [0.5, 0.6) is 0 Å². The summed E-state index contributed by atoms with van der Waals surface area (Å²) in [4.78, 5) is 11.4. The zero-order valence-electron chi connectivity index (χ0n) is 9.34. The van der Waals surface area contributed by atoms with Crippen molar-refractivity contribution in [2.75, 3.05) is 0 Å². The van der Waals surface area contributed by atoms with Gasteiger partial charge in [0.05, 0.1) is 7.85 Å². The van der Waals surface area contributed by atoms with Crippen LogP contribution in [0.25, 0.3) is 0 Å². The van der Waals surface area contributed by atoms with E-state index in [1.54, 1.807) is 0 Å². The van der Waals surface area contributed by atoms with Gasteiger partial charge >= 0.3 is 0 Å². The van der Waals surface area contributed by atoms with Crippen molar-refractivity contribution in [3.8, 4) is 0 Å². The van der Waals surface area contributed by atoms with Gasteiger partial charge in [0.15, 0.2) is 5.78 Å². The lowest BCUT2D eigenvalue weighted by Gasteiger charge is -2.18. The van der Waals surface area contributed by atoms with Gasteiger partial charge in [-0.15, -0.1) is 0 Å². The summed E-state index contributed by atoms with van der Waals surface area (Å²) >= 11 is 0. The molecule has 0 spiro atoms. The summed E-state index contributed by atoms with van der Waals surface area (Å²) in [6.07, 6.45) is 2.35. The zero-order chi connectivity index (χ0) is 11.1. The van der Waals surface area contributed by atoms with Gasteiger partial charge in [-0.05, 0) is 41.8 Å². The normalized spacial score (nSPS) is 17.5. The topological polar surface area (TPSA) is 17.1 Å². The largest absolute Gasteiger partial charge is 0.295 e. The molecule has 2 heteroatoms. The third-order valence-corrected chi connectivity index (χ3v) is 3.36. The number of benzene rings is 1. The van der Waals surface area contributed by atoms with Crippen molar-refractivity contribution >= 4 is 13.6 Å². The van der Waals surface area contributed by atoms with Gasteiger partial charge in [0, 0.05) is 5.56 Å². The Balaban J connectivity index is 2.42. The average Bonchev–Trinajstić information content (AvgIpc) is 2.53. The Morgan fingerprint density at radius 1 is 1.47 bits per heavy atom. The van der Waals surface area contributed by atoms with Crippen LogP contribution < -0.4 is 0 Å². The van der Waals surface area contributed by atoms with Crippen LogP contribution in [0.4, 0.5) is 0 Å². The van der Waals surface area contributed by atoms with Gasteiger partial charge in [-0.2, -0.15) is 0 Å². The molecule has 0 aliphatic heterocycles. The molecule has 1 nitrogen and oxygen atoms in total. The summed E-state index contributed by atoms with van der Waals surface area (Å²) in [6, 6.07) is 6.01. The predicted molar refractivity (Wildman–Crippen MR) is 62.7 cm³/mol. The van der Waals surface area contributed by atoms with Crippen molar-refractivity contribution in [1.29, 1.82) is 0 Å². The molecule has 0 bridgehead atoms. The van der Waals surface area contributed by atoms with E-state index in [0.29, 0.717) is 0 Å². The van der Waals surface area contributed by atoms with E-state index in [1.165, 1.54) is 17.5 Å². The first kappa shape index (κ1) is 10.5. The minimum atomic E-state index is 0.0301. The fraction of sp³-hybridized carbons (Fsp3) is 0.462. The van der Waals surface area contributed by atoms with Gasteiger partial charge in [-0.3, -0.25) is 4.79 Å². The fourth-order valence-corrected chi connectivity index (χ4v) is 2.33. The van der Waals surface area contributed by atoms with Crippen molar-refractivity contribution < 1.29 is 4.79 Å². The maximum absolute atomic E-state index is 11.4. The molecule has 0 aromatic heterocycles. The number of fused-ring (bicyclic) bond motifs is 1. The minimum Gasteiger partial charge on any atom is -0.295 e. The lowest BCUT2D eigenvalue weighted by molar-refractivity contribution is 0.101. The van der Waals surface area contributed by atoms with Gasteiger partial charge in [0.2, 0.25) is 0 Å². The molecule has 2 rings (SSSR count). The van der Waals surface area contributed by atoms with Crippen LogP contribution in [0.2, 0.25) is 6.32 Å². The van der Waals surface area contributed by atoms with Crippen molar-refractivity contribution in [1.82, 2.24) is 0 Å². The van der Waals surface area contributed by atoms with Gasteiger partial charge in [-0.1, -0.05) is 26.0 Å². The maximum Gasteiger partial charge on any atom is 0.154 e. The number of hydrogen-bond donors (Lipinski definition) is 0. The maximum atomic E-state index is 11.4. The van der Waals surface area contributed by atoms with E-state index >= 15 is 0 Å². The monoisotopic (exact) mass is 198 g/mol. The van der Waals surface area contributed by atoms with Crippen LogP contribution in [-0.2, 0) is 11.8 Å². The van der Waals surface area contributed by atoms with E-state index in [1.807, 2.05) is 12.1 Å². The van der Waals surface area contributed by atoms with Gasteiger partial charge in [0.25, 0.3) is 0 Å². The van der Waals surface area contributed by atoms with E-state index in [2.05, 4.69) is 19.9 Å². The summed E-state index contributed by atoms with van der Waals surface area (Å²) in [7, 11) is 5.35. The molecule has 2 radical (unpaired) electrons. The minimum absolute atomic E-state index is 0.0301. The van der Waals surface area contributed by atoms with Crippen LogP contribution >= 0.6 is 0 Å². The molecule has 1 aliphatic carbocycles. The van der Waals surface area contributed by atoms with E-state index < -0.39 is 0 Å². The summed E-state index contributed by atoms with van der Waals surface area (Å²) in [5.74, 6) is 0.0301. The second-order valence-corrected chi connectivity index (χ2v) is 4.88. The molecular weight excluding hydrogens is 183 g/mol. The number of aryl methyl sites for hydroxylation is 1. The SMILES string of the molecule is [B]CC(=O)c1ccc2c(c1)CCC2(C)C. The second kappa shape index (κ2) is 3.51. The van der Waals surface area contributed by atoms with Crippen molar-refractivity contribution in [2.45, 2.75) is 38.4 Å². The molecule has 0 heterocycles. The molecular formula is C13H15BO. The van der Waals surface area contributed by atoms with Gasteiger partial charge in [0.1, 0.15) is 0 Å². The third kappa shape index (κ3) is 1.73. The molecule has 0 atom stereocenters. The Morgan fingerprint density at radius 2 is 2.20 bits per heavy atom. The Hall–Kier alpha value is -1.05. The third-order valence-electron chi connectivity index (χ3n) is 3.36. The molecule has 1 aromatic carbocycles. The summed E-state index contributed by atoms with van der Waals surface area (Å²) < 4.78 is 0. The number of Topliss-reactive ketones (excluding diaryl/α,β-unsaturated/α-hetero) is 1. The molecule has 1 aliphatic rings. The van der Waals surface area contributed by atoms with Crippen LogP contribution in [0, 0.1) is 0 Å². The molecule has 0 amide bonds. The Morgan fingerprint density at radius 3 is 2.87 bits per heavy atom. The highest BCUT2D eigenvalue weighted by molar-refractivity contribution is 6.24. The number of rotatable bonds is 2. The highest BCUT2D eigenvalue weighted by Gasteiger charge is 2.29. The first-order valence-electron chi connectivity index (χ1n) is 5.41. The van der Waals surface area contributed by atoms with Crippen LogP contribution in [-0.4, -0.2) is 13.6 Å². The van der Waals surface area contributed by atoms with Crippen molar-refractivity contribution in [2.24, 2.45) is 0 Å². The lowest BCUT2D eigenvalue weighted by Crippen LogP contribution is -2.11. The molecule has 0 N–H and O–H groups in total. The molecule has 0 fully saturated rings. The van der Waals surface area contributed by atoms with Crippen molar-refractivity contribution in [3.05, 3.63) is 34.9 Å². The predicted octanol–water partition coefficient (Wildman–Crippen LogP) is 2.68. The highest BCUT2D eigenvalue weighted by Crippen LogP contribution is 2.38. The molecule has 0 saturated heterocycles. The zero-order valence-corrected chi connectivity index (χ0v) is 9.34. The first-order chi connectivity index (χ1) is 7.04. The quantitative estimate of drug-likeness (QED) is 0.527. The van der Waals surface area contributed by atoms with E-state index in [-0.39, 0.29) is 17.5 Å². The Kier molecular flexibility index (Phi) is 2.45. The van der Waals surface area contributed by atoms with Gasteiger partial charge in [-0.25, -0.2) is 0 Å². The molecule has 15 heavy (non-hydrogen) atoms. The number of ketones is 1. The smallest absolute Gasteiger partial charge is 0.154 e. The number of carbonyl (C=O) groups is 1. The van der Waals surface area contributed by atoms with Gasteiger partial charge < -0.3 is 0 Å². The lowest BCUT2D eigenvalue weighted by atomic mass is 9.85. The summed E-state index contributed by atoms with van der Waals surface area (Å²) in [5.41, 5.74) is 3.73. The fourth-order valence-electron chi connectivity index (χ4n) is 2.33. The van der Waals surface area contributed by atoms with Crippen LogP contribution in [0.1, 0.15) is 41.8 Å². The molecule has 76 valence electrons. The molecule has 0 saturated carbocycles.